The van der Waals surface area contributed by atoms with Gasteiger partial charge in [-0.2, -0.15) is 0 Å². The molecule has 15 heavy (non-hydrogen) atoms. The third-order valence-corrected chi connectivity index (χ3v) is 3.07. The third kappa shape index (κ3) is 3.80. The molecule has 0 aliphatic heterocycles. The van der Waals surface area contributed by atoms with Crippen LogP contribution in [-0.4, -0.2) is 31.7 Å². The standard InChI is InChI=1S/C11H22N2O2/c1-7(8(2)12)11(14)13-10(6-15-3)9-4-5-9/h7-10H,4-6,12H2,1-3H3,(H,13,14). The fraction of sp³-hybridized carbons (Fsp3) is 0.909. The molecule has 88 valence electrons. The summed E-state index contributed by atoms with van der Waals surface area (Å²) in [5, 5.41) is 3.02. The molecule has 1 saturated carbocycles. The van der Waals surface area contributed by atoms with Crippen molar-refractivity contribution in [2.24, 2.45) is 17.6 Å². The summed E-state index contributed by atoms with van der Waals surface area (Å²) in [4.78, 5) is 11.8. The maximum Gasteiger partial charge on any atom is 0.224 e. The van der Waals surface area contributed by atoms with Gasteiger partial charge in [0.2, 0.25) is 5.91 Å². The minimum absolute atomic E-state index is 0.0407. The number of carbonyl (C=O) groups excluding carboxylic acids is 1. The average molecular weight is 214 g/mol. The zero-order valence-corrected chi connectivity index (χ0v) is 9.82. The molecule has 4 heteroatoms. The Balaban J connectivity index is 2.39. The van der Waals surface area contributed by atoms with Crippen molar-refractivity contribution in [1.29, 1.82) is 0 Å². The van der Waals surface area contributed by atoms with Gasteiger partial charge in [0.1, 0.15) is 0 Å². The van der Waals surface area contributed by atoms with Crippen LogP contribution < -0.4 is 11.1 Å². The van der Waals surface area contributed by atoms with Crippen LogP contribution >= 0.6 is 0 Å². The molecule has 1 fully saturated rings. The van der Waals surface area contributed by atoms with E-state index in [-0.39, 0.29) is 23.9 Å². The number of ether oxygens (including phenoxy) is 1. The highest BCUT2D eigenvalue weighted by Gasteiger charge is 2.33. The van der Waals surface area contributed by atoms with Crippen LogP contribution in [0.25, 0.3) is 0 Å². The van der Waals surface area contributed by atoms with Crippen molar-refractivity contribution in [2.75, 3.05) is 13.7 Å². The quantitative estimate of drug-likeness (QED) is 0.677. The number of hydrogen-bond donors (Lipinski definition) is 2. The van der Waals surface area contributed by atoms with Crippen molar-refractivity contribution < 1.29 is 9.53 Å². The maximum absolute atomic E-state index is 11.8. The van der Waals surface area contributed by atoms with E-state index in [2.05, 4.69) is 5.32 Å². The first-order valence-electron chi connectivity index (χ1n) is 5.61. The number of rotatable bonds is 6. The first-order valence-corrected chi connectivity index (χ1v) is 5.61. The molecular weight excluding hydrogens is 192 g/mol. The number of amides is 1. The van der Waals surface area contributed by atoms with Crippen molar-refractivity contribution in [1.82, 2.24) is 5.32 Å². The molecule has 0 bridgehead atoms. The van der Waals surface area contributed by atoms with Gasteiger partial charge in [-0.15, -0.1) is 0 Å². The molecule has 1 aliphatic rings. The molecule has 3 unspecified atom stereocenters. The maximum atomic E-state index is 11.8. The van der Waals surface area contributed by atoms with Gasteiger partial charge in [-0.25, -0.2) is 0 Å². The van der Waals surface area contributed by atoms with Crippen molar-refractivity contribution in [3.05, 3.63) is 0 Å². The molecule has 1 amide bonds. The van der Waals surface area contributed by atoms with E-state index in [0.717, 1.165) is 0 Å². The number of nitrogens with one attached hydrogen (secondary N) is 1. The predicted octanol–water partition coefficient (Wildman–Crippen LogP) is 0.511. The highest BCUT2D eigenvalue weighted by atomic mass is 16.5. The number of methoxy groups -OCH3 is 1. The highest BCUT2D eigenvalue weighted by molar-refractivity contribution is 5.79. The molecule has 3 atom stereocenters. The Morgan fingerprint density at radius 2 is 2.13 bits per heavy atom. The van der Waals surface area contributed by atoms with Gasteiger partial charge in [-0.1, -0.05) is 6.92 Å². The van der Waals surface area contributed by atoms with Crippen LogP contribution in [0.5, 0.6) is 0 Å². The summed E-state index contributed by atoms with van der Waals surface area (Å²) >= 11 is 0. The molecule has 1 rings (SSSR count). The van der Waals surface area contributed by atoms with E-state index in [0.29, 0.717) is 12.5 Å². The van der Waals surface area contributed by atoms with Crippen LogP contribution in [0.4, 0.5) is 0 Å². The van der Waals surface area contributed by atoms with Crippen molar-refractivity contribution >= 4 is 5.91 Å². The lowest BCUT2D eigenvalue weighted by molar-refractivity contribution is -0.126. The average Bonchev–Trinajstić information content (AvgIpc) is 2.98. The van der Waals surface area contributed by atoms with Crippen LogP contribution in [-0.2, 0) is 9.53 Å². The fourth-order valence-electron chi connectivity index (χ4n) is 1.53. The molecule has 0 aromatic heterocycles. The first-order chi connectivity index (χ1) is 7.06. The summed E-state index contributed by atoms with van der Waals surface area (Å²) in [6.45, 7) is 4.31. The SMILES string of the molecule is COCC(NC(=O)C(C)C(C)N)C1CC1. The molecule has 0 heterocycles. The third-order valence-electron chi connectivity index (χ3n) is 3.07. The summed E-state index contributed by atoms with van der Waals surface area (Å²) in [7, 11) is 1.66. The van der Waals surface area contributed by atoms with Crippen LogP contribution in [0, 0.1) is 11.8 Å². The molecule has 0 spiro atoms. The topological polar surface area (TPSA) is 64.3 Å². The Labute approximate surface area is 91.5 Å². The summed E-state index contributed by atoms with van der Waals surface area (Å²) in [5.41, 5.74) is 5.69. The van der Waals surface area contributed by atoms with E-state index >= 15 is 0 Å². The van der Waals surface area contributed by atoms with Gasteiger partial charge in [0, 0.05) is 19.1 Å². The van der Waals surface area contributed by atoms with E-state index in [1.165, 1.54) is 12.8 Å². The highest BCUT2D eigenvalue weighted by Crippen LogP contribution is 2.32. The van der Waals surface area contributed by atoms with Crippen molar-refractivity contribution in [3.63, 3.8) is 0 Å². The van der Waals surface area contributed by atoms with Crippen LogP contribution in [0.3, 0.4) is 0 Å². The van der Waals surface area contributed by atoms with Gasteiger partial charge in [-0.05, 0) is 25.7 Å². The second kappa shape index (κ2) is 5.47. The smallest absolute Gasteiger partial charge is 0.224 e. The summed E-state index contributed by atoms with van der Waals surface area (Å²) < 4.78 is 5.10. The summed E-state index contributed by atoms with van der Waals surface area (Å²) in [5.74, 6) is 0.510. The number of carbonyl (C=O) groups is 1. The molecular formula is C11H22N2O2. The van der Waals surface area contributed by atoms with E-state index < -0.39 is 0 Å². The molecule has 0 aromatic carbocycles. The molecule has 4 nitrogen and oxygen atoms in total. The molecule has 3 N–H and O–H groups in total. The van der Waals surface area contributed by atoms with Crippen LogP contribution in [0.15, 0.2) is 0 Å². The second-order valence-electron chi connectivity index (χ2n) is 4.56. The Hall–Kier alpha value is -0.610. The molecule has 0 aromatic rings. The zero-order valence-electron chi connectivity index (χ0n) is 9.82. The van der Waals surface area contributed by atoms with Gasteiger partial charge in [0.05, 0.1) is 12.6 Å². The van der Waals surface area contributed by atoms with E-state index in [1.54, 1.807) is 7.11 Å². The number of nitrogens with two attached hydrogens (primary N) is 1. The lowest BCUT2D eigenvalue weighted by atomic mass is 10.0. The summed E-state index contributed by atoms with van der Waals surface area (Å²) in [6.07, 6.45) is 2.39. The molecule has 0 saturated heterocycles. The van der Waals surface area contributed by atoms with Gasteiger partial charge in [0.15, 0.2) is 0 Å². The van der Waals surface area contributed by atoms with E-state index in [4.69, 9.17) is 10.5 Å². The van der Waals surface area contributed by atoms with Crippen molar-refractivity contribution in [2.45, 2.75) is 38.8 Å². The van der Waals surface area contributed by atoms with Crippen LogP contribution in [0.1, 0.15) is 26.7 Å². The predicted molar refractivity (Wildman–Crippen MR) is 59.3 cm³/mol. The number of hydrogen-bond acceptors (Lipinski definition) is 3. The Morgan fingerprint density at radius 3 is 2.53 bits per heavy atom. The fourth-order valence-corrected chi connectivity index (χ4v) is 1.53. The lowest BCUT2D eigenvalue weighted by Crippen LogP contribution is -2.46. The minimum atomic E-state index is -0.136. The van der Waals surface area contributed by atoms with Gasteiger partial charge < -0.3 is 15.8 Å². The first kappa shape index (κ1) is 12.5. The normalized spacial score (nSPS) is 21.9. The molecule has 0 radical (unpaired) electrons. The lowest BCUT2D eigenvalue weighted by Gasteiger charge is -2.21. The summed E-state index contributed by atoms with van der Waals surface area (Å²) in [6, 6.07) is 0.0658. The van der Waals surface area contributed by atoms with E-state index in [1.807, 2.05) is 13.8 Å². The zero-order chi connectivity index (χ0) is 11.4. The van der Waals surface area contributed by atoms with Gasteiger partial charge in [-0.3, -0.25) is 4.79 Å². The Morgan fingerprint density at radius 1 is 1.53 bits per heavy atom. The van der Waals surface area contributed by atoms with Crippen molar-refractivity contribution in [3.8, 4) is 0 Å². The largest absolute Gasteiger partial charge is 0.383 e. The van der Waals surface area contributed by atoms with Gasteiger partial charge >= 0.3 is 0 Å². The molecule has 1 aliphatic carbocycles. The second-order valence-corrected chi connectivity index (χ2v) is 4.56. The van der Waals surface area contributed by atoms with Crippen LogP contribution in [0.2, 0.25) is 0 Å². The van der Waals surface area contributed by atoms with E-state index in [9.17, 15) is 4.79 Å². The Bertz CT molecular complexity index is 215. The monoisotopic (exact) mass is 214 g/mol. The minimum Gasteiger partial charge on any atom is -0.383 e. The Kier molecular flexibility index (Phi) is 4.54. The van der Waals surface area contributed by atoms with Gasteiger partial charge in [0.25, 0.3) is 0 Å².